The zero-order chi connectivity index (χ0) is 18.5. The molecule has 138 valence electrons. The molecule has 2 aromatic carbocycles. The summed E-state index contributed by atoms with van der Waals surface area (Å²) < 4.78 is 41.6. The summed E-state index contributed by atoms with van der Waals surface area (Å²) in [5, 5.41) is 0.365. The van der Waals surface area contributed by atoms with Crippen molar-refractivity contribution < 1.29 is 27.8 Å². The minimum absolute atomic E-state index is 0.0666. The van der Waals surface area contributed by atoms with E-state index in [0.29, 0.717) is 47.1 Å². The zero-order valence-electron chi connectivity index (χ0n) is 13.5. The highest BCUT2D eigenvalue weighted by molar-refractivity contribution is 7.99. The van der Waals surface area contributed by atoms with E-state index in [4.69, 9.17) is 25.8 Å². The molecule has 0 radical (unpaired) electrons. The van der Waals surface area contributed by atoms with Gasteiger partial charge in [0.05, 0.1) is 23.8 Å². The minimum atomic E-state index is -2.62. The summed E-state index contributed by atoms with van der Waals surface area (Å²) in [4.78, 5) is 12.5. The monoisotopic (exact) mass is 400 g/mol. The van der Waals surface area contributed by atoms with Crippen LogP contribution in [0.3, 0.4) is 0 Å². The molecule has 0 atom stereocenters. The van der Waals surface area contributed by atoms with Crippen molar-refractivity contribution in [3.05, 3.63) is 52.5 Å². The Morgan fingerprint density at radius 2 is 2.00 bits per heavy atom. The van der Waals surface area contributed by atoms with Crippen LogP contribution in [0.1, 0.15) is 22.3 Å². The van der Waals surface area contributed by atoms with Crippen molar-refractivity contribution in [2.45, 2.75) is 23.7 Å². The second-order valence-electron chi connectivity index (χ2n) is 5.41. The van der Waals surface area contributed by atoms with E-state index in [9.17, 15) is 13.6 Å². The summed E-state index contributed by atoms with van der Waals surface area (Å²) in [5.74, 6) is -2.34. The van der Waals surface area contributed by atoms with E-state index in [0.717, 1.165) is 6.42 Å². The number of ether oxygens (including phenoxy) is 3. The van der Waals surface area contributed by atoms with Crippen LogP contribution in [0.5, 0.6) is 11.5 Å². The lowest BCUT2D eigenvalue weighted by Gasteiger charge is -2.12. The molecule has 3 rings (SSSR count). The van der Waals surface area contributed by atoms with Crippen LogP contribution < -0.4 is 9.47 Å². The lowest BCUT2D eigenvalue weighted by molar-refractivity contribution is 0.0468. The smallest absolute Gasteiger partial charge is 0.339 e. The highest BCUT2D eigenvalue weighted by Crippen LogP contribution is 2.38. The van der Waals surface area contributed by atoms with E-state index < -0.39 is 11.7 Å². The average Bonchev–Trinajstić information content (AvgIpc) is 2.85. The molecule has 0 aromatic heterocycles. The maximum atomic E-state index is 12.6. The first kappa shape index (κ1) is 18.8. The highest BCUT2D eigenvalue weighted by atomic mass is 35.5. The summed E-state index contributed by atoms with van der Waals surface area (Å²) in [6, 6.07) is 9.41. The quantitative estimate of drug-likeness (QED) is 0.511. The molecule has 0 bridgehead atoms. The van der Waals surface area contributed by atoms with Gasteiger partial charge in [0.2, 0.25) is 0 Å². The van der Waals surface area contributed by atoms with Gasteiger partial charge in [-0.1, -0.05) is 35.5 Å². The summed E-state index contributed by atoms with van der Waals surface area (Å²) in [6.07, 6.45) is 0.744. The zero-order valence-corrected chi connectivity index (χ0v) is 15.1. The molecule has 1 aliphatic rings. The molecule has 1 heterocycles. The third-order valence-corrected chi connectivity index (χ3v) is 4.62. The van der Waals surface area contributed by atoms with Crippen molar-refractivity contribution in [2.75, 3.05) is 13.2 Å². The molecule has 8 heteroatoms. The van der Waals surface area contributed by atoms with Gasteiger partial charge in [-0.3, -0.25) is 0 Å². The topological polar surface area (TPSA) is 44.8 Å². The Morgan fingerprint density at radius 1 is 1.23 bits per heavy atom. The van der Waals surface area contributed by atoms with Crippen LogP contribution in [0, 0.1) is 0 Å². The number of benzene rings is 2. The third-order valence-electron chi connectivity index (χ3n) is 3.55. The van der Waals surface area contributed by atoms with Crippen LogP contribution in [-0.4, -0.2) is 24.9 Å². The summed E-state index contributed by atoms with van der Waals surface area (Å²) >= 11 is 6.51. The molecule has 4 nitrogen and oxygen atoms in total. The Labute approximate surface area is 158 Å². The molecule has 0 saturated heterocycles. The van der Waals surface area contributed by atoms with Gasteiger partial charge in [-0.15, -0.1) is 0 Å². The molecular weight excluding hydrogens is 386 g/mol. The number of alkyl halides is 2. The van der Waals surface area contributed by atoms with Crippen LogP contribution in [0.4, 0.5) is 8.78 Å². The van der Waals surface area contributed by atoms with Gasteiger partial charge in [0.1, 0.15) is 6.61 Å². The summed E-state index contributed by atoms with van der Waals surface area (Å²) in [5.41, 5.74) is 0.713. The van der Waals surface area contributed by atoms with E-state index in [1.165, 1.54) is 12.1 Å². The largest absolute Gasteiger partial charge is 0.489 e. The number of carbonyl (C=O) groups is 1. The van der Waals surface area contributed by atoms with Gasteiger partial charge in [0, 0.05) is 11.3 Å². The van der Waals surface area contributed by atoms with Crippen LogP contribution in [0.25, 0.3) is 0 Å². The molecule has 26 heavy (non-hydrogen) atoms. The number of esters is 1. The van der Waals surface area contributed by atoms with Gasteiger partial charge in [-0.05, 0) is 29.8 Å². The number of rotatable bonds is 5. The molecular formula is C18H15ClF2O4S. The Morgan fingerprint density at radius 3 is 2.81 bits per heavy atom. The van der Waals surface area contributed by atoms with Gasteiger partial charge < -0.3 is 14.2 Å². The Bertz CT molecular complexity index is 801. The number of hydrogen-bond acceptors (Lipinski definition) is 5. The standard InChI is InChI=1S/C18H15ClF2O4S/c19-13-8-11(9-14-16(13)24-7-3-6-23-14)10-25-17(22)12-4-1-2-5-15(12)26-18(20)21/h1-2,4-5,8-9,18H,3,6-7,10H2. The first-order valence-corrected chi connectivity index (χ1v) is 9.09. The lowest BCUT2D eigenvalue weighted by atomic mass is 10.2. The maximum absolute atomic E-state index is 12.6. The minimum Gasteiger partial charge on any atom is -0.489 e. The van der Waals surface area contributed by atoms with Gasteiger partial charge in [-0.25, -0.2) is 4.79 Å². The van der Waals surface area contributed by atoms with Crippen molar-refractivity contribution in [1.82, 2.24) is 0 Å². The van der Waals surface area contributed by atoms with Crippen LogP contribution in [0.15, 0.2) is 41.3 Å². The SMILES string of the molecule is O=C(OCc1cc(Cl)c2c(c1)OCCCO2)c1ccccc1SC(F)F. The van der Waals surface area contributed by atoms with Crippen molar-refractivity contribution in [2.24, 2.45) is 0 Å². The first-order chi connectivity index (χ1) is 12.5. The second-order valence-corrected chi connectivity index (χ2v) is 6.85. The molecule has 0 fully saturated rings. The number of halogens is 3. The second kappa shape index (κ2) is 8.60. The van der Waals surface area contributed by atoms with Gasteiger partial charge in [0.15, 0.2) is 11.5 Å². The molecule has 0 unspecified atom stereocenters. The molecule has 0 spiro atoms. The van der Waals surface area contributed by atoms with E-state index >= 15 is 0 Å². The fourth-order valence-corrected chi connectivity index (χ4v) is 3.34. The maximum Gasteiger partial charge on any atom is 0.339 e. The average molecular weight is 401 g/mol. The Kier molecular flexibility index (Phi) is 6.21. The van der Waals surface area contributed by atoms with E-state index in [2.05, 4.69) is 0 Å². The summed E-state index contributed by atoms with van der Waals surface area (Å²) in [7, 11) is 0. The number of carbonyl (C=O) groups excluding carboxylic acids is 1. The molecule has 1 aliphatic heterocycles. The van der Waals surface area contributed by atoms with Crippen molar-refractivity contribution in [1.29, 1.82) is 0 Å². The van der Waals surface area contributed by atoms with Crippen LogP contribution >= 0.6 is 23.4 Å². The highest BCUT2D eigenvalue weighted by Gasteiger charge is 2.18. The fraction of sp³-hybridized carbons (Fsp3) is 0.278. The van der Waals surface area contributed by atoms with Crippen molar-refractivity contribution >= 4 is 29.3 Å². The molecule has 0 aliphatic carbocycles. The Balaban J connectivity index is 1.72. The van der Waals surface area contributed by atoms with E-state index in [-0.39, 0.29) is 17.1 Å². The number of thioether (sulfide) groups is 1. The fourth-order valence-electron chi connectivity index (χ4n) is 2.43. The van der Waals surface area contributed by atoms with Crippen LogP contribution in [0.2, 0.25) is 5.02 Å². The van der Waals surface area contributed by atoms with Crippen molar-refractivity contribution in [3.8, 4) is 11.5 Å². The number of fused-ring (bicyclic) bond motifs is 1. The normalized spacial score (nSPS) is 13.4. The molecule has 0 amide bonds. The van der Waals surface area contributed by atoms with E-state index in [1.54, 1.807) is 24.3 Å². The van der Waals surface area contributed by atoms with Gasteiger partial charge >= 0.3 is 5.97 Å². The number of hydrogen-bond donors (Lipinski definition) is 0. The van der Waals surface area contributed by atoms with Gasteiger partial charge in [-0.2, -0.15) is 8.78 Å². The first-order valence-electron chi connectivity index (χ1n) is 7.83. The van der Waals surface area contributed by atoms with E-state index in [1.807, 2.05) is 0 Å². The lowest BCUT2D eigenvalue weighted by Crippen LogP contribution is -2.07. The third kappa shape index (κ3) is 4.59. The predicted octanol–water partition coefficient (Wildman–Crippen LogP) is 5.17. The van der Waals surface area contributed by atoms with Crippen LogP contribution in [-0.2, 0) is 11.3 Å². The molecule has 2 aromatic rings. The molecule has 0 saturated carbocycles. The van der Waals surface area contributed by atoms with Gasteiger partial charge in [0.25, 0.3) is 5.76 Å². The Hall–Kier alpha value is -1.99. The predicted molar refractivity (Wildman–Crippen MR) is 94.5 cm³/mol. The molecule has 0 N–H and O–H groups in total. The van der Waals surface area contributed by atoms with Crippen molar-refractivity contribution in [3.63, 3.8) is 0 Å². The summed E-state index contributed by atoms with van der Waals surface area (Å²) in [6.45, 7) is 0.952.